The van der Waals surface area contributed by atoms with Crippen LogP contribution in [0.4, 0.5) is 5.82 Å². The van der Waals surface area contributed by atoms with Crippen LogP contribution in [0, 0.1) is 13.8 Å². The molecule has 2 atom stereocenters. The second kappa shape index (κ2) is 13.8. The zero-order valence-corrected chi connectivity index (χ0v) is 24.9. The van der Waals surface area contributed by atoms with Crippen molar-refractivity contribution in [3.05, 3.63) is 113 Å². The summed E-state index contributed by atoms with van der Waals surface area (Å²) in [5, 5.41) is 28.0. The summed E-state index contributed by atoms with van der Waals surface area (Å²) in [6.07, 6.45) is 0. The Morgan fingerprint density at radius 2 is 1.20 bits per heavy atom. The first kappa shape index (κ1) is 29.6. The molecule has 0 fully saturated rings. The van der Waals surface area contributed by atoms with E-state index in [9.17, 15) is 0 Å². The summed E-state index contributed by atoms with van der Waals surface area (Å²) in [6.45, 7) is 8.04. The van der Waals surface area contributed by atoms with Crippen LogP contribution in [0.15, 0.2) is 84.9 Å². The van der Waals surface area contributed by atoms with Gasteiger partial charge in [-0.05, 0) is 70.1 Å². The van der Waals surface area contributed by atoms with Crippen LogP contribution in [-0.4, -0.2) is 53.7 Å². The molecule has 6 aromatic rings. The molecule has 6 rings (SSSR count). The van der Waals surface area contributed by atoms with Crippen LogP contribution in [0.2, 0.25) is 5.15 Å². The van der Waals surface area contributed by atoms with Gasteiger partial charge in [0.1, 0.15) is 11.0 Å². The smallest absolute Gasteiger partial charge is 0.178 e. The van der Waals surface area contributed by atoms with Crippen LogP contribution in [0.5, 0.6) is 0 Å². The number of fused-ring (bicyclic) bond motifs is 2. The van der Waals surface area contributed by atoms with Gasteiger partial charge in [0.25, 0.3) is 0 Å². The number of benzene rings is 2. The largest absolute Gasteiger partial charge is 0.351 e. The summed E-state index contributed by atoms with van der Waals surface area (Å²) in [7, 11) is 4.02. The van der Waals surface area contributed by atoms with Gasteiger partial charge in [-0.15, -0.1) is 25.5 Å². The van der Waals surface area contributed by atoms with Crippen molar-refractivity contribution in [2.24, 2.45) is 0 Å². The first-order valence-corrected chi connectivity index (χ1v) is 13.7. The molecule has 0 saturated heterocycles. The van der Waals surface area contributed by atoms with Crippen LogP contribution in [0.1, 0.15) is 48.7 Å². The second-order valence-corrected chi connectivity index (χ2v) is 9.89. The van der Waals surface area contributed by atoms with Gasteiger partial charge < -0.3 is 10.2 Å². The lowest BCUT2D eigenvalue weighted by molar-refractivity contribution is 0.652. The number of hydrogen-bond donors (Lipinski definition) is 1. The lowest BCUT2D eigenvalue weighted by Crippen LogP contribution is -2.23. The zero-order valence-electron chi connectivity index (χ0n) is 24.1. The first-order chi connectivity index (χ1) is 19.8. The number of nitrogens with zero attached hydrogens (tertiary/aromatic N) is 9. The van der Waals surface area contributed by atoms with Crippen molar-refractivity contribution in [3.63, 3.8) is 0 Å². The van der Waals surface area contributed by atoms with Crippen molar-refractivity contribution in [2.75, 3.05) is 19.0 Å². The highest BCUT2D eigenvalue weighted by molar-refractivity contribution is 6.29. The molecule has 0 aliphatic carbocycles. The number of aryl methyl sites for hydroxylation is 2. The van der Waals surface area contributed by atoms with Crippen LogP contribution in [0.25, 0.3) is 11.3 Å². The van der Waals surface area contributed by atoms with E-state index in [1.807, 2.05) is 52.2 Å². The lowest BCUT2D eigenvalue weighted by atomic mass is 10.1. The van der Waals surface area contributed by atoms with E-state index in [4.69, 9.17) is 11.6 Å². The first-order valence-electron chi connectivity index (χ1n) is 13.3. The fraction of sp³-hybridized carbons (Fsp3) is 0.267. The van der Waals surface area contributed by atoms with E-state index in [1.54, 1.807) is 21.2 Å². The van der Waals surface area contributed by atoms with Crippen molar-refractivity contribution in [3.8, 4) is 0 Å². The topological polar surface area (TPSA) is 101 Å². The van der Waals surface area contributed by atoms with E-state index >= 15 is 0 Å². The summed E-state index contributed by atoms with van der Waals surface area (Å²) in [5.41, 5.74) is 4.08. The average molecular weight is 571 g/mol. The Morgan fingerprint density at radius 3 is 1.76 bits per heavy atom. The number of nitrogens with one attached hydrogen (secondary N) is 1. The minimum Gasteiger partial charge on any atom is -0.351 e. The van der Waals surface area contributed by atoms with Gasteiger partial charge in [-0.3, -0.25) is 0 Å². The number of halogens is 1. The fourth-order valence-electron chi connectivity index (χ4n) is 4.01. The van der Waals surface area contributed by atoms with Gasteiger partial charge in [-0.25, -0.2) is 0 Å². The maximum Gasteiger partial charge on any atom is 0.178 e. The number of aromatic nitrogens is 8. The summed E-state index contributed by atoms with van der Waals surface area (Å²) in [6, 6.07) is 28.9. The molecule has 0 bridgehead atoms. The summed E-state index contributed by atoms with van der Waals surface area (Å²) >= 11 is 5.66. The third-order valence-corrected chi connectivity index (χ3v) is 6.95. The molecule has 4 aromatic heterocycles. The summed E-state index contributed by atoms with van der Waals surface area (Å²) in [5.74, 6) is 2.43. The van der Waals surface area contributed by atoms with Crippen LogP contribution < -0.4 is 10.2 Å². The SMILES string of the molecule is CN[C@H](C)c1ccccc1.Cc1nnc2ccc(Cl)nn12.Cc1nnc2ccc(N(C)[C@H](C)c3ccccc3)nn12. The van der Waals surface area contributed by atoms with Crippen molar-refractivity contribution in [1.29, 1.82) is 0 Å². The molecule has 0 aliphatic rings. The van der Waals surface area contributed by atoms with E-state index in [1.165, 1.54) is 11.1 Å². The van der Waals surface area contributed by atoms with Gasteiger partial charge in [0.05, 0.1) is 6.04 Å². The molecule has 0 unspecified atom stereocenters. The molecule has 0 aliphatic heterocycles. The number of anilines is 1. The Labute approximate surface area is 245 Å². The molecule has 2 aromatic carbocycles. The van der Waals surface area contributed by atoms with Crippen molar-refractivity contribution < 1.29 is 0 Å². The predicted octanol–water partition coefficient (Wildman–Crippen LogP) is 5.68. The Hall–Kier alpha value is -4.41. The molecule has 41 heavy (non-hydrogen) atoms. The molecule has 4 heterocycles. The molecule has 0 spiro atoms. The van der Waals surface area contributed by atoms with Gasteiger partial charge in [-0.1, -0.05) is 72.3 Å². The molecule has 11 heteroatoms. The van der Waals surface area contributed by atoms with E-state index in [-0.39, 0.29) is 6.04 Å². The lowest BCUT2D eigenvalue weighted by Gasteiger charge is -2.26. The predicted molar refractivity (Wildman–Crippen MR) is 163 cm³/mol. The fourth-order valence-corrected chi connectivity index (χ4v) is 4.15. The number of hydrogen-bond acceptors (Lipinski definition) is 8. The van der Waals surface area contributed by atoms with E-state index in [2.05, 4.69) is 103 Å². The van der Waals surface area contributed by atoms with E-state index in [0.29, 0.717) is 16.8 Å². The highest BCUT2D eigenvalue weighted by atomic mass is 35.5. The zero-order chi connectivity index (χ0) is 29.4. The number of rotatable bonds is 5. The van der Waals surface area contributed by atoms with E-state index in [0.717, 1.165) is 23.1 Å². The average Bonchev–Trinajstić information content (AvgIpc) is 3.58. The van der Waals surface area contributed by atoms with Crippen molar-refractivity contribution in [2.45, 2.75) is 39.8 Å². The Bertz CT molecular complexity index is 1670. The van der Waals surface area contributed by atoms with Gasteiger partial charge in [0.2, 0.25) is 0 Å². The maximum absolute atomic E-state index is 5.66. The molecule has 0 radical (unpaired) electrons. The standard InChI is InChI=1S/C15H17N5.C9H13N.C6H5ClN4/c1-11(13-7-5-4-6-8-13)19(3)15-10-9-14-17-16-12(2)20(14)18-15;1-8(10-2)9-6-4-3-5-7-9;1-4-8-9-6-3-2-5(7)10-11(4)6/h4-11H,1-3H3;3-8,10H,1-2H3;2-3H,1H3/t11-;8-;/m11./s1. The third kappa shape index (κ3) is 7.41. The Balaban J connectivity index is 0.000000156. The normalized spacial score (nSPS) is 12.2. The van der Waals surface area contributed by atoms with Gasteiger partial charge >= 0.3 is 0 Å². The minimum absolute atomic E-state index is 0.248. The highest BCUT2D eigenvalue weighted by Gasteiger charge is 2.14. The molecule has 0 amide bonds. The van der Waals surface area contributed by atoms with Crippen molar-refractivity contribution in [1.82, 2.24) is 44.9 Å². The van der Waals surface area contributed by atoms with Gasteiger partial charge in [-0.2, -0.15) is 14.1 Å². The molecule has 0 saturated carbocycles. The van der Waals surface area contributed by atoms with Crippen LogP contribution in [0.3, 0.4) is 0 Å². The van der Waals surface area contributed by atoms with E-state index < -0.39 is 0 Å². The Kier molecular flexibility index (Phi) is 9.94. The second-order valence-electron chi connectivity index (χ2n) is 9.50. The monoisotopic (exact) mass is 570 g/mol. The molecular weight excluding hydrogens is 536 g/mol. The maximum atomic E-state index is 5.66. The molecular formula is C30H35ClN10. The summed E-state index contributed by atoms with van der Waals surface area (Å²) < 4.78 is 3.37. The molecule has 212 valence electrons. The quantitative estimate of drug-likeness (QED) is 0.282. The minimum atomic E-state index is 0.248. The van der Waals surface area contributed by atoms with Crippen LogP contribution in [-0.2, 0) is 0 Å². The van der Waals surface area contributed by atoms with Crippen molar-refractivity contribution >= 4 is 28.7 Å². The Morgan fingerprint density at radius 1 is 0.683 bits per heavy atom. The molecule has 1 N–H and O–H groups in total. The van der Waals surface area contributed by atoms with Crippen LogP contribution >= 0.6 is 11.6 Å². The van der Waals surface area contributed by atoms with Gasteiger partial charge in [0, 0.05) is 13.1 Å². The highest BCUT2D eigenvalue weighted by Crippen LogP contribution is 2.23. The molecule has 10 nitrogen and oxygen atoms in total. The van der Waals surface area contributed by atoms with Gasteiger partial charge in [0.15, 0.2) is 22.9 Å². The third-order valence-electron chi connectivity index (χ3n) is 6.75. The summed E-state index contributed by atoms with van der Waals surface area (Å²) in [4.78, 5) is 2.15.